The molecule has 0 N–H and O–H groups in total. The molecule has 0 spiro atoms. The number of piperazine rings is 1. The van der Waals surface area contributed by atoms with E-state index in [4.69, 9.17) is 5.26 Å². The molecule has 1 saturated heterocycles. The lowest BCUT2D eigenvalue weighted by Gasteiger charge is -2.40. The Bertz CT molecular complexity index is 299. The summed E-state index contributed by atoms with van der Waals surface area (Å²) in [6.45, 7) is 7.18. The molecule has 3 nitrogen and oxygen atoms in total. The highest BCUT2D eigenvalue weighted by Gasteiger charge is 2.30. The van der Waals surface area contributed by atoms with Gasteiger partial charge in [-0.1, -0.05) is 0 Å². The quantitative estimate of drug-likeness (QED) is 0.779. The lowest BCUT2D eigenvalue weighted by Crippen LogP contribution is -2.54. The molecule has 0 bridgehead atoms. The van der Waals surface area contributed by atoms with Crippen LogP contribution < -0.4 is 0 Å². The number of halogens is 3. The third-order valence-corrected chi connectivity index (χ3v) is 3.37. The summed E-state index contributed by atoms with van der Waals surface area (Å²) in [6, 6.07) is 2.25. The van der Waals surface area contributed by atoms with Crippen molar-refractivity contribution in [2.24, 2.45) is 0 Å². The van der Waals surface area contributed by atoms with E-state index in [1.165, 1.54) is 0 Å². The van der Waals surface area contributed by atoms with Crippen LogP contribution in [0.4, 0.5) is 13.2 Å². The third kappa shape index (κ3) is 4.83. The smallest absolute Gasteiger partial charge is 0.301 e. The molecule has 18 heavy (non-hydrogen) atoms. The van der Waals surface area contributed by atoms with Gasteiger partial charge in [-0.05, 0) is 26.8 Å². The highest BCUT2D eigenvalue weighted by molar-refractivity contribution is 5.02. The van der Waals surface area contributed by atoms with Crippen LogP contribution in [0.5, 0.6) is 0 Å². The van der Waals surface area contributed by atoms with Gasteiger partial charge in [-0.3, -0.25) is 4.90 Å². The van der Waals surface area contributed by atoms with Gasteiger partial charge in [0.1, 0.15) is 5.54 Å². The normalized spacial score (nSPS) is 19.8. The molecule has 0 amide bonds. The van der Waals surface area contributed by atoms with Gasteiger partial charge in [0.2, 0.25) is 0 Å². The number of hydrogen-bond acceptors (Lipinski definition) is 3. The molecule has 0 unspecified atom stereocenters. The van der Waals surface area contributed by atoms with Gasteiger partial charge in [-0.15, -0.1) is 0 Å². The largest absolute Gasteiger partial charge is 0.389 e. The van der Waals surface area contributed by atoms with E-state index in [9.17, 15) is 13.2 Å². The molecular formula is C12H20F3N3. The molecule has 0 aliphatic carbocycles. The highest BCUT2D eigenvalue weighted by atomic mass is 19.4. The predicted molar refractivity (Wildman–Crippen MR) is 63.0 cm³/mol. The third-order valence-electron chi connectivity index (χ3n) is 3.37. The Labute approximate surface area is 106 Å². The Morgan fingerprint density at radius 2 is 1.67 bits per heavy atom. The highest BCUT2D eigenvalue weighted by Crippen LogP contribution is 2.22. The molecule has 0 atom stereocenters. The van der Waals surface area contributed by atoms with E-state index < -0.39 is 18.1 Å². The second-order valence-corrected chi connectivity index (χ2v) is 5.22. The van der Waals surface area contributed by atoms with Crippen LogP contribution in [0.2, 0.25) is 0 Å². The maximum Gasteiger partial charge on any atom is 0.389 e. The second-order valence-electron chi connectivity index (χ2n) is 5.22. The molecule has 6 heteroatoms. The van der Waals surface area contributed by atoms with Gasteiger partial charge in [0.25, 0.3) is 0 Å². The second kappa shape index (κ2) is 5.89. The number of rotatable bonds is 4. The summed E-state index contributed by atoms with van der Waals surface area (Å²) in [6.07, 6.45) is -4.60. The molecule has 1 heterocycles. The molecule has 1 fully saturated rings. The van der Waals surface area contributed by atoms with Gasteiger partial charge in [-0.25, -0.2) is 0 Å². The van der Waals surface area contributed by atoms with Gasteiger partial charge < -0.3 is 4.90 Å². The maximum atomic E-state index is 12.0. The van der Waals surface area contributed by atoms with Crippen molar-refractivity contribution in [3.05, 3.63) is 0 Å². The lowest BCUT2D eigenvalue weighted by atomic mass is 10.0. The van der Waals surface area contributed by atoms with Crippen molar-refractivity contribution >= 4 is 0 Å². The van der Waals surface area contributed by atoms with Crippen molar-refractivity contribution in [3.8, 4) is 6.07 Å². The first-order valence-electron chi connectivity index (χ1n) is 6.20. The number of alkyl halides is 3. The summed E-state index contributed by atoms with van der Waals surface area (Å²) < 4.78 is 36.0. The van der Waals surface area contributed by atoms with Crippen molar-refractivity contribution in [1.82, 2.24) is 9.80 Å². The van der Waals surface area contributed by atoms with Crippen LogP contribution in [-0.4, -0.2) is 54.2 Å². The summed E-state index contributed by atoms with van der Waals surface area (Å²) in [7, 11) is 0. The number of nitriles is 1. The summed E-state index contributed by atoms with van der Waals surface area (Å²) in [5.41, 5.74) is -0.488. The van der Waals surface area contributed by atoms with Crippen molar-refractivity contribution in [2.45, 2.75) is 38.4 Å². The van der Waals surface area contributed by atoms with Gasteiger partial charge in [0.15, 0.2) is 0 Å². The minimum absolute atomic E-state index is 0.158. The van der Waals surface area contributed by atoms with Crippen molar-refractivity contribution < 1.29 is 13.2 Å². The maximum absolute atomic E-state index is 12.0. The first-order valence-corrected chi connectivity index (χ1v) is 6.20. The van der Waals surface area contributed by atoms with Crippen LogP contribution in [0.15, 0.2) is 0 Å². The van der Waals surface area contributed by atoms with E-state index in [0.29, 0.717) is 6.54 Å². The average molecular weight is 263 g/mol. The summed E-state index contributed by atoms with van der Waals surface area (Å²) >= 11 is 0. The molecule has 1 aliphatic rings. The molecule has 0 saturated carbocycles. The Morgan fingerprint density at radius 3 is 2.11 bits per heavy atom. The average Bonchev–Trinajstić information content (AvgIpc) is 2.28. The Kier molecular flexibility index (Phi) is 5.00. The SMILES string of the molecule is CC(C)(C#N)N1CCN(CCCC(F)(F)F)CC1. The minimum atomic E-state index is -4.05. The summed E-state index contributed by atoms with van der Waals surface area (Å²) in [5, 5.41) is 9.01. The van der Waals surface area contributed by atoms with Crippen LogP contribution in [-0.2, 0) is 0 Å². The van der Waals surface area contributed by atoms with E-state index in [-0.39, 0.29) is 6.42 Å². The van der Waals surface area contributed by atoms with Crippen LogP contribution in [0.3, 0.4) is 0 Å². The summed E-state index contributed by atoms with van der Waals surface area (Å²) in [4.78, 5) is 4.11. The fourth-order valence-electron chi connectivity index (χ4n) is 2.10. The monoisotopic (exact) mass is 263 g/mol. The molecule has 0 aromatic carbocycles. The van der Waals surface area contributed by atoms with Gasteiger partial charge in [-0.2, -0.15) is 18.4 Å². The van der Waals surface area contributed by atoms with Crippen LogP contribution >= 0.6 is 0 Å². The van der Waals surface area contributed by atoms with E-state index in [1.54, 1.807) is 0 Å². The van der Waals surface area contributed by atoms with E-state index in [2.05, 4.69) is 11.0 Å². The Balaban J connectivity index is 2.26. The van der Waals surface area contributed by atoms with Crippen molar-refractivity contribution in [1.29, 1.82) is 5.26 Å². The molecule has 104 valence electrons. The minimum Gasteiger partial charge on any atom is -0.301 e. The van der Waals surface area contributed by atoms with E-state index in [0.717, 1.165) is 26.2 Å². The van der Waals surface area contributed by atoms with Crippen molar-refractivity contribution in [3.63, 3.8) is 0 Å². The zero-order valence-corrected chi connectivity index (χ0v) is 10.9. The number of hydrogen-bond donors (Lipinski definition) is 0. The van der Waals surface area contributed by atoms with E-state index in [1.807, 2.05) is 18.7 Å². The summed E-state index contributed by atoms with van der Waals surface area (Å²) in [5.74, 6) is 0. The van der Waals surface area contributed by atoms with Crippen LogP contribution in [0.25, 0.3) is 0 Å². The molecular weight excluding hydrogens is 243 g/mol. The molecule has 1 aliphatic heterocycles. The fourth-order valence-corrected chi connectivity index (χ4v) is 2.10. The lowest BCUT2D eigenvalue weighted by molar-refractivity contribution is -0.136. The zero-order valence-electron chi connectivity index (χ0n) is 10.9. The van der Waals surface area contributed by atoms with E-state index >= 15 is 0 Å². The number of nitrogens with zero attached hydrogens (tertiary/aromatic N) is 3. The predicted octanol–water partition coefficient (Wildman–Crippen LogP) is 2.25. The van der Waals surface area contributed by atoms with Crippen molar-refractivity contribution in [2.75, 3.05) is 32.7 Å². The first kappa shape index (κ1) is 15.3. The first-order chi connectivity index (χ1) is 8.24. The Morgan fingerprint density at radius 1 is 1.11 bits per heavy atom. The molecule has 1 rings (SSSR count). The zero-order chi connectivity index (χ0) is 13.8. The van der Waals surface area contributed by atoms with Crippen LogP contribution in [0, 0.1) is 11.3 Å². The topological polar surface area (TPSA) is 30.3 Å². The molecule has 0 radical (unpaired) electrons. The van der Waals surface area contributed by atoms with Gasteiger partial charge in [0, 0.05) is 32.6 Å². The van der Waals surface area contributed by atoms with Gasteiger partial charge in [0.05, 0.1) is 6.07 Å². The van der Waals surface area contributed by atoms with Gasteiger partial charge >= 0.3 is 6.18 Å². The molecule has 0 aromatic heterocycles. The Hall–Kier alpha value is -0.800. The fraction of sp³-hybridized carbons (Fsp3) is 0.917. The molecule has 0 aromatic rings. The standard InChI is InChI=1S/C12H20F3N3/c1-11(2,10-16)18-8-6-17(7-9-18)5-3-4-12(13,14)15/h3-9H2,1-2H3. The van der Waals surface area contributed by atoms with Crippen LogP contribution in [0.1, 0.15) is 26.7 Å².